The lowest BCUT2D eigenvalue weighted by Crippen LogP contribution is -2.29. The molecule has 22 heavy (non-hydrogen) atoms. The zero-order valence-electron chi connectivity index (χ0n) is 14.3. The Morgan fingerprint density at radius 3 is 2.05 bits per heavy atom. The van der Waals surface area contributed by atoms with E-state index >= 15 is 0 Å². The van der Waals surface area contributed by atoms with E-state index in [0.29, 0.717) is 25.7 Å². The normalized spacial score (nSPS) is 23.3. The molecule has 0 heterocycles. The molecule has 0 radical (unpaired) electrons. The van der Waals surface area contributed by atoms with E-state index in [1.54, 1.807) is 0 Å². The van der Waals surface area contributed by atoms with E-state index in [4.69, 9.17) is 9.84 Å². The average Bonchev–Trinajstić information content (AvgIpc) is 2.46. The smallest absolute Gasteiger partial charge is 0.309 e. The summed E-state index contributed by atoms with van der Waals surface area (Å²) in [7, 11) is 0. The summed E-state index contributed by atoms with van der Waals surface area (Å²) < 4.78 is 5.53. The van der Waals surface area contributed by atoms with Crippen LogP contribution in [0.3, 0.4) is 0 Å². The van der Waals surface area contributed by atoms with Gasteiger partial charge in [-0.1, -0.05) is 33.1 Å². The van der Waals surface area contributed by atoms with E-state index in [1.807, 2.05) is 6.92 Å². The Morgan fingerprint density at radius 1 is 0.955 bits per heavy atom. The second-order valence-corrected chi connectivity index (χ2v) is 7.17. The molecule has 1 aliphatic rings. The van der Waals surface area contributed by atoms with Crippen molar-refractivity contribution in [1.82, 2.24) is 0 Å². The lowest BCUT2D eigenvalue weighted by Gasteiger charge is -2.26. The number of esters is 1. The Morgan fingerprint density at radius 2 is 1.50 bits per heavy atom. The number of hydrogen-bond donors (Lipinski definition) is 1. The minimum absolute atomic E-state index is 0.0243. The van der Waals surface area contributed by atoms with Crippen LogP contribution < -0.4 is 0 Å². The van der Waals surface area contributed by atoms with E-state index in [9.17, 15) is 9.59 Å². The lowest BCUT2D eigenvalue weighted by atomic mass is 9.82. The Labute approximate surface area is 134 Å². The highest BCUT2D eigenvalue weighted by molar-refractivity contribution is 5.74. The molecule has 1 aliphatic carbocycles. The second-order valence-electron chi connectivity index (χ2n) is 7.17. The number of carboxylic acids is 1. The molecule has 0 aromatic heterocycles. The molecule has 0 saturated heterocycles. The first-order chi connectivity index (χ1) is 10.4. The highest BCUT2D eigenvalue weighted by Crippen LogP contribution is 2.30. The Balaban J connectivity index is 2.15. The van der Waals surface area contributed by atoms with Crippen molar-refractivity contribution in [2.45, 2.75) is 84.7 Å². The van der Waals surface area contributed by atoms with Crippen LogP contribution in [0, 0.1) is 17.8 Å². The van der Waals surface area contributed by atoms with Gasteiger partial charge in [0.25, 0.3) is 0 Å². The third-order valence-electron chi connectivity index (χ3n) is 4.62. The number of ether oxygens (including phenoxy) is 1. The number of unbranched alkanes of at least 4 members (excludes halogenated alkanes) is 2. The maximum absolute atomic E-state index is 12.1. The Bertz CT molecular complexity index is 343. The molecule has 1 rings (SSSR count). The average molecular weight is 312 g/mol. The van der Waals surface area contributed by atoms with Crippen molar-refractivity contribution in [3.05, 3.63) is 0 Å². The maximum atomic E-state index is 12.1. The molecule has 1 unspecified atom stereocenters. The summed E-state index contributed by atoms with van der Waals surface area (Å²) in [6.07, 6.45) is 8.21. The molecule has 1 N–H and O–H groups in total. The fourth-order valence-corrected chi connectivity index (χ4v) is 3.09. The van der Waals surface area contributed by atoms with Crippen LogP contribution in [0.4, 0.5) is 0 Å². The molecule has 4 heteroatoms. The van der Waals surface area contributed by atoms with Gasteiger partial charge < -0.3 is 9.84 Å². The SMILES string of the molecule is CC(C)CCCCCC(C)OC(=O)C1CCC(C(=O)O)CC1. The maximum Gasteiger partial charge on any atom is 0.309 e. The van der Waals surface area contributed by atoms with Gasteiger partial charge in [-0.2, -0.15) is 0 Å². The minimum Gasteiger partial charge on any atom is -0.481 e. The number of hydrogen-bond acceptors (Lipinski definition) is 3. The van der Waals surface area contributed by atoms with Gasteiger partial charge in [0.15, 0.2) is 0 Å². The van der Waals surface area contributed by atoms with Crippen LogP contribution in [0.1, 0.15) is 78.6 Å². The summed E-state index contributed by atoms with van der Waals surface area (Å²) in [6, 6.07) is 0. The van der Waals surface area contributed by atoms with E-state index in [1.165, 1.54) is 19.3 Å². The van der Waals surface area contributed by atoms with E-state index in [0.717, 1.165) is 18.8 Å². The predicted octanol–water partition coefficient (Wildman–Crippen LogP) is 4.42. The Hall–Kier alpha value is -1.06. The van der Waals surface area contributed by atoms with E-state index in [-0.39, 0.29) is 23.9 Å². The molecule has 1 fully saturated rings. The van der Waals surface area contributed by atoms with Gasteiger partial charge in [-0.25, -0.2) is 0 Å². The summed E-state index contributed by atoms with van der Waals surface area (Å²) in [5.41, 5.74) is 0. The van der Waals surface area contributed by atoms with Crippen molar-refractivity contribution in [2.75, 3.05) is 0 Å². The third-order valence-corrected chi connectivity index (χ3v) is 4.62. The molecule has 0 aromatic carbocycles. The fraction of sp³-hybridized carbons (Fsp3) is 0.889. The predicted molar refractivity (Wildman–Crippen MR) is 86.6 cm³/mol. The van der Waals surface area contributed by atoms with Crippen LogP contribution in [0.2, 0.25) is 0 Å². The summed E-state index contributed by atoms with van der Waals surface area (Å²) >= 11 is 0. The van der Waals surface area contributed by atoms with Gasteiger partial charge in [-0.05, 0) is 51.4 Å². The first-order valence-corrected chi connectivity index (χ1v) is 8.83. The van der Waals surface area contributed by atoms with Crippen LogP contribution in [0.15, 0.2) is 0 Å². The van der Waals surface area contributed by atoms with Gasteiger partial charge >= 0.3 is 11.9 Å². The molecule has 0 bridgehead atoms. The van der Waals surface area contributed by atoms with Crippen LogP contribution in [0.25, 0.3) is 0 Å². The number of carbonyl (C=O) groups is 2. The van der Waals surface area contributed by atoms with Gasteiger partial charge in [0.2, 0.25) is 0 Å². The lowest BCUT2D eigenvalue weighted by molar-refractivity contribution is -0.156. The molecule has 1 atom stereocenters. The van der Waals surface area contributed by atoms with Crippen LogP contribution >= 0.6 is 0 Å². The fourth-order valence-electron chi connectivity index (χ4n) is 3.09. The Kier molecular flexibility index (Phi) is 8.51. The van der Waals surface area contributed by atoms with Crippen molar-refractivity contribution in [3.63, 3.8) is 0 Å². The molecule has 0 aliphatic heterocycles. The molecule has 4 nitrogen and oxygen atoms in total. The quantitative estimate of drug-likeness (QED) is 0.506. The van der Waals surface area contributed by atoms with Gasteiger partial charge in [0.1, 0.15) is 0 Å². The van der Waals surface area contributed by atoms with Crippen molar-refractivity contribution in [2.24, 2.45) is 17.8 Å². The summed E-state index contributed by atoms with van der Waals surface area (Å²) in [5, 5.41) is 8.97. The van der Waals surface area contributed by atoms with E-state index in [2.05, 4.69) is 13.8 Å². The summed E-state index contributed by atoms with van der Waals surface area (Å²) in [5.74, 6) is -0.474. The molecule has 0 aromatic rings. The molecule has 0 amide bonds. The number of carbonyl (C=O) groups excluding carboxylic acids is 1. The minimum atomic E-state index is -0.735. The highest BCUT2D eigenvalue weighted by atomic mass is 16.5. The van der Waals surface area contributed by atoms with Crippen molar-refractivity contribution in [1.29, 1.82) is 0 Å². The largest absolute Gasteiger partial charge is 0.481 e. The monoisotopic (exact) mass is 312 g/mol. The van der Waals surface area contributed by atoms with Crippen LogP contribution in [-0.2, 0) is 14.3 Å². The number of carboxylic acid groups (broad SMARTS) is 1. The van der Waals surface area contributed by atoms with E-state index < -0.39 is 5.97 Å². The highest BCUT2D eigenvalue weighted by Gasteiger charge is 2.31. The standard InChI is InChI=1S/C18H32O4/c1-13(2)7-5-4-6-8-14(3)22-18(21)16-11-9-15(10-12-16)17(19)20/h13-16H,4-12H2,1-3H3,(H,19,20). The van der Waals surface area contributed by atoms with Crippen LogP contribution in [-0.4, -0.2) is 23.1 Å². The zero-order valence-corrected chi connectivity index (χ0v) is 14.3. The number of rotatable bonds is 9. The summed E-state index contributed by atoms with van der Waals surface area (Å²) in [4.78, 5) is 23.0. The molecule has 128 valence electrons. The van der Waals surface area contributed by atoms with Gasteiger partial charge in [0.05, 0.1) is 17.9 Å². The number of aliphatic carboxylic acids is 1. The first-order valence-electron chi connectivity index (χ1n) is 8.83. The topological polar surface area (TPSA) is 63.6 Å². The van der Waals surface area contributed by atoms with Gasteiger partial charge in [-0.15, -0.1) is 0 Å². The molecular weight excluding hydrogens is 280 g/mol. The molecular formula is C18H32O4. The van der Waals surface area contributed by atoms with Crippen molar-refractivity contribution < 1.29 is 19.4 Å². The zero-order chi connectivity index (χ0) is 16.5. The third kappa shape index (κ3) is 7.28. The van der Waals surface area contributed by atoms with Gasteiger partial charge in [0, 0.05) is 0 Å². The van der Waals surface area contributed by atoms with Gasteiger partial charge in [-0.3, -0.25) is 9.59 Å². The van der Waals surface area contributed by atoms with Crippen LogP contribution in [0.5, 0.6) is 0 Å². The summed E-state index contributed by atoms with van der Waals surface area (Å²) in [6.45, 7) is 6.44. The molecule has 1 saturated carbocycles. The van der Waals surface area contributed by atoms with Crippen molar-refractivity contribution >= 4 is 11.9 Å². The second kappa shape index (κ2) is 9.86. The molecule has 0 spiro atoms. The first kappa shape index (κ1) is 19.0. The van der Waals surface area contributed by atoms with Crippen molar-refractivity contribution in [3.8, 4) is 0 Å².